The van der Waals surface area contributed by atoms with Gasteiger partial charge in [0.2, 0.25) is 0 Å². The van der Waals surface area contributed by atoms with Crippen LogP contribution in [-0.4, -0.2) is 30.8 Å². The molecule has 1 aromatic carbocycles. The first-order valence-corrected chi connectivity index (χ1v) is 6.70. The Labute approximate surface area is 111 Å². The van der Waals surface area contributed by atoms with Gasteiger partial charge in [-0.1, -0.05) is 26.0 Å². The molecular formula is C15H26N2O. The van der Waals surface area contributed by atoms with Crippen LogP contribution in [0.1, 0.15) is 32.8 Å². The zero-order chi connectivity index (χ0) is 13.5. The molecule has 0 spiro atoms. The van der Waals surface area contributed by atoms with Crippen molar-refractivity contribution in [3.8, 4) is 0 Å². The first-order valence-electron chi connectivity index (χ1n) is 6.70. The average molecular weight is 250 g/mol. The summed E-state index contributed by atoms with van der Waals surface area (Å²) >= 11 is 0. The first kappa shape index (κ1) is 15.0. The smallest absolute Gasteiger partial charge is 0.0528 e. The Bertz CT molecular complexity index is 333. The van der Waals surface area contributed by atoms with Crippen molar-refractivity contribution in [1.82, 2.24) is 5.32 Å². The van der Waals surface area contributed by atoms with Crippen molar-refractivity contribution in [1.29, 1.82) is 0 Å². The normalized spacial score (nSPS) is 12.8. The third kappa shape index (κ3) is 5.52. The molecule has 0 radical (unpaired) electrons. The Balaban J connectivity index is 2.48. The molecular weight excluding hydrogens is 224 g/mol. The maximum absolute atomic E-state index is 9.28. The van der Waals surface area contributed by atoms with Gasteiger partial charge in [0, 0.05) is 31.9 Å². The molecule has 18 heavy (non-hydrogen) atoms. The molecule has 1 unspecified atom stereocenters. The van der Waals surface area contributed by atoms with E-state index < -0.39 is 0 Å². The highest BCUT2D eigenvalue weighted by Crippen LogP contribution is 2.14. The molecule has 0 bridgehead atoms. The summed E-state index contributed by atoms with van der Waals surface area (Å²) in [5, 5.41) is 12.7. The number of aliphatic hydroxyl groups is 1. The molecule has 0 aliphatic rings. The Morgan fingerprint density at radius 2 is 1.78 bits per heavy atom. The molecule has 1 aromatic rings. The van der Waals surface area contributed by atoms with Gasteiger partial charge in [-0.25, -0.2) is 0 Å². The highest BCUT2D eigenvalue weighted by atomic mass is 16.3. The van der Waals surface area contributed by atoms with Gasteiger partial charge in [0.25, 0.3) is 0 Å². The number of nitrogens with zero attached hydrogens (tertiary/aromatic N) is 1. The van der Waals surface area contributed by atoms with Crippen LogP contribution < -0.4 is 10.2 Å². The molecule has 0 saturated carbocycles. The summed E-state index contributed by atoms with van der Waals surface area (Å²) in [6, 6.07) is 9.10. The molecule has 3 heteroatoms. The van der Waals surface area contributed by atoms with Crippen LogP contribution in [0.15, 0.2) is 24.3 Å². The van der Waals surface area contributed by atoms with Crippen LogP contribution in [0.4, 0.5) is 5.69 Å². The predicted octanol–water partition coefficient (Wildman–Crippen LogP) is 2.39. The molecule has 0 aliphatic heterocycles. The lowest BCUT2D eigenvalue weighted by Crippen LogP contribution is -2.23. The van der Waals surface area contributed by atoms with Crippen molar-refractivity contribution in [2.24, 2.45) is 0 Å². The third-order valence-electron chi connectivity index (χ3n) is 2.97. The summed E-state index contributed by atoms with van der Waals surface area (Å²) in [7, 11) is 2.06. The molecule has 0 aromatic heterocycles. The number of hydrogen-bond donors (Lipinski definition) is 2. The van der Waals surface area contributed by atoms with Gasteiger partial charge in [-0.05, 0) is 31.0 Å². The summed E-state index contributed by atoms with van der Waals surface area (Å²) in [4.78, 5) is 2.17. The lowest BCUT2D eigenvalue weighted by atomic mass is 10.2. The minimum absolute atomic E-state index is 0.234. The first-order chi connectivity index (χ1) is 8.49. The van der Waals surface area contributed by atoms with Gasteiger partial charge < -0.3 is 15.3 Å². The lowest BCUT2D eigenvalue weighted by molar-refractivity contribution is 0.187. The zero-order valence-electron chi connectivity index (χ0n) is 12.0. The van der Waals surface area contributed by atoms with Gasteiger partial charge in [-0.15, -0.1) is 0 Å². The van der Waals surface area contributed by atoms with E-state index >= 15 is 0 Å². The monoisotopic (exact) mass is 250 g/mol. The number of anilines is 1. The summed E-state index contributed by atoms with van der Waals surface area (Å²) in [5.41, 5.74) is 2.50. The van der Waals surface area contributed by atoms with Crippen molar-refractivity contribution in [3.63, 3.8) is 0 Å². The minimum Gasteiger partial charge on any atom is -0.393 e. The van der Waals surface area contributed by atoms with Crippen molar-refractivity contribution in [3.05, 3.63) is 29.8 Å². The highest BCUT2D eigenvalue weighted by molar-refractivity contribution is 5.46. The van der Waals surface area contributed by atoms with E-state index in [9.17, 15) is 5.11 Å². The van der Waals surface area contributed by atoms with E-state index in [-0.39, 0.29) is 6.10 Å². The second-order valence-electron chi connectivity index (χ2n) is 5.26. The maximum atomic E-state index is 9.28. The largest absolute Gasteiger partial charge is 0.393 e. The van der Waals surface area contributed by atoms with Gasteiger partial charge in [0.1, 0.15) is 0 Å². The summed E-state index contributed by atoms with van der Waals surface area (Å²) in [6.45, 7) is 7.92. The van der Waals surface area contributed by atoms with Gasteiger partial charge in [0.15, 0.2) is 0 Å². The zero-order valence-corrected chi connectivity index (χ0v) is 12.0. The average Bonchev–Trinajstić information content (AvgIpc) is 2.34. The molecule has 3 nitrogen and oxygen atoms in total. The fraction of sp³-hybridized carbons (Fsp3) is 0.600. The number of benzene rings is 1. The number of hydrogen-bond acceptors (Lipinski definition) is 3. The Morgan fingerprint density at radius 1 is 1.17 bits per heavy atom. The molecule has 0 heterocycles. The van der Waals surface area contributed by atoms with E-state index in [1.807, 2.05) is 6.92 Å². The minimum atomic E-state index is -0.234. The van der Waals surface area contributed by atoms with E-state index in [1.54, 1.807) is 0 Å². The van der Waals surface area contributed by atoms with Gasteiger partial charge in [0.05, 0.1) is 6.10 Å². The molecule has 2 N–H and O–H groups in total. The van der Waals surface area contributed by atoms with E-state index in [4.69, 9.17) is 0 Å². The Kier molecular flexibility index (Phi) is 6.16. The van der Waals surface area contributed by atoms with Crippen LogP contribution >= 0.6 is 0 Å². The van der Waals surface area contributed by atoms with Crippen molar-refractivity contribution >= 4 is 5.69 Å². The number of rotatable bonds is 7. The molecule has 1 atom stereocenters. The Morgan fingerprint density at radius 3 is 2.28 bits per heavy atom. The third-order valence-corrected chi connectivity index (χ3v) is 2.97. The highest BCUT2D eigenvalue weighted by Gasteiger charge is 2.03. The molecule has 0 fully saturated rings. The second kappa shape index (κ2) is 7.39. The Hall–Kier alpha value is -1.06. The topological polar surface area (TPSA) is 35.5 Å². The van der Waals surface area contributed by atoms with Gasteiger partial charge in [-0.2, -0.15) is 0 Å². The van der Waals surface area contributed by atoms with Gasteiger partial charge >= 0.3 is 0 Å². The fourth-order valence-corrected chi connectivity index (χ4v) is 1.70. The maximum Gasteiger partial charge on any atom is 0.0528 e. The molecule has 0 saturated heterocycles. The van der Waals surface area contributed by atoms with Crippen molar-refractivity contribution < 1.29 is 5.11 Å². The quantitative estimate of drug-likeness (QED) is 0.780. The van der Waals surface area contributed by atoms with Crippen LogP contribution in [0.2, 0.25) is 0 Å². The van der Waals surface area contributed by atoms with Crippen LogP contribution in [0.5, 0.6) is 0 Å². The van der Waals surface area contributed by atoms with E-state index in [1.165, 1.54) is 11.3 Å². The summed E-state index contributed by atoms with van der Waals surface area (Å²) in [5.74, 6) is 0. The van der Waals surface area contributed by atoms with Crippen LogP contribution in [0, 0.1) is 0 Å². The molecule has 0 aliphatic carbocycles. The van der Waals surface area contributed by atoms with Crippen LogP contribution in [-0.2, 0) is 6.54 Å². The van der Waals surface area contributed by atoms with Crippen molar-refractivity contribution in [2.45, 2.75) is 45.9 Å². The number of nitrogens with one attached hydrogen (secondary N) is 1. The SMILES string of the molecule is CC(O)CCN(C)c1ccc(CNC(C)C)cc1. The van der Waals surface area contributed by atoms with Crippen LogP contribution in [0.25, 0.3) is 0 Å². The van der Waals surface area contributed by atoms with Crippen molar-refractivity contribution in [2.75, 3.05) is 18.5 Å². The fourth-order valence-electron chi connectivity index (χ4n) is 1.70. The van der Waals surface area contributed by atoms with Gasteiger partial charge in [-0.3, -0.25) is 0 Å². The number of aliphatic hydroxyl groups excluding tert-OH is 1. The standard InChI is InChI=1S/C15H26N2O/c1-12(2)16-11-14-5-7-15(8-6-14)17(4)10-9-13(3)18/h5-8,12-13,16,18H,9-11H2,1-4H3. The summed E-state index contributed by atoms with van der Waals surface area (Å²) < 4.78 is 0. The summed E-state index contributed by atoms with van der Waals surface area (Å²) in [6.07, 6.45) is 0.564. The molecule has 1 rings (SSSR count). The second-order valence-corrected chi connectivity index (χ2v) is 5.26. The van der Waals surface area contributed by atoms with Crippen LogP contribution in [0.3, 0.4) is 0 Å². The molecule has 0 amide bonds. The van der Waals surface area contributed by atoms with E-state index in [0.717, 1.165) is 19.5 Å². The van der Waals surface area contributed by atoms with E-state index in [0.29, 0.717) is 6.04 Å². The molecule has 102 valence electrons. The predicted molar refractivity (Wildman–Crippen MR) is 78.0 cm³/mol. The lowest BCUT2D eigenvalue weighted by Gasteiger charge is -2.20. The van der Waals surface area contributed by atoms with E-state index in [2.05, 4.69) is 55.4 Å².